The minimum atomic E-state index is -1.23. The summed E-state index contributed by atoms with van der Waals surface area (Å²) in [4.78, 5) is 60.0. The maximum Gasteiger partial charge on any atom is 0.313 e. The number of amides is 3. The predicted molar refractivity (Wildman–Crippen MR) is 183 cm³/mol. The molecule has 2 N–H and O–H groups in total. The normalized spacial score (nSPS) is 28.0. The van der Waals surface area contributed by atoms with E-state index >= 15 is 0 Å². The lowest BCUT2D eigenvalue weighted by Crippen LogP contribution is -2.60. The lowest BCUT2D eigenvalue weighted by molar-refractivity contribution is -0.163. The molecule has 0 unspecified atom stereocenters. The highest BCUT2D eigenvalue weighted by molar-refractivity contribution is 5.98. The number of methoxy groups -OCH3 is 1. The van der Waals surface area contributed by atoms with Crippen LogP contribution in [-0.4, -0.2) is 101 Å². The molecule has 1 saturated carbocycles. The summed E-state index contributed by atoms with van der Waals surface area (Å²) in [5, 5.41) is 13.4. The molecule has 1 spiro atoms. The highest BCUT2D eigenvalue weighted by Gasteiger charge is 2.75. The summed E-state index contributed by atoms with van der Waals surface area (Å²) >= 11 is 0. The molecule has 1 aromatic carbocycles. The first-order chi connectivity index (χ1) is 23.8. The van der Waals surface area contributed by atoms with E-state index in [2.05, 4.69) is 18.5 Å². The van der Waals surface area contributed by atoms with Gasteiger partial charge in [0.1, 0.15) is 17.7 Å². The van der Waals surface area contributed by atoms with E-state index in [0.717, 1.165) is 32.1 Å². The molecule has 3 heterocycles. The zero-order valence-corrected chi connectivity index (χ0v) is 29.0. The highest BCUT2D eigenvalue weighted by atomic mass is 16.6. The number of fused-ring (bicyclic) bond motifs is 1. The first-order valence-electron chi connectivity index (χ1n) is 17.9. The largest absolute Gasteiger partial charge is 0.455 e. The number of rotatable bonds is 17. The van der Waals surface area contributed by atoms with Gasteiger partial charge in [-0.3, -0.25) is 19.2 Å². The smallest absolute Gasteiger partial charge is 0.313 e. The van der Waals surface area contributed by atoms with Gasteiger partial charge in [-0.25, -0.2) is 0 Å². The summed E-state index contributed by atoms with van der Waals surface area (Å²) < 4.78 is 18.5. The summed E-state index contributed by atoms with van der Waals surface area (Å²) in [6.07, 6.45) is 8.82. The Bertz CT molecular complexity index is 1350. The Morgan fingerprint density at radius 3 is 2.51 bits per heavy atom. The number of nitrogens with zero attached hydrogens (tertiary/aromatic N) is 2. The van der Waals surface area contributed by atoms with Crippen LogP contribution in [0.15, 0.2) is 55.6 Å². The average Bonchev–Trinajstić information content (AvgIpc) is 3.77. The fourth-order valence-electron chi connectivity index (χ4n) is 8.68. The molecule has 1 aliphatic carbocycles. The molecule has 0 aromatic heterocycles. The number of carbonyl (C=O) groups is 4. The average molecular weight is 680 g/mol. The van der Waals surface area contributed by atoms with Crippen LogP contribution in [0.3, 0.4) is 0 Å². The Hall–Kier alpha value is -3.54. The highest BCUT2D eigenvalue weighted by Crippen LogP contribution is 2.59. The Morgan fingerprint density at radius 1 is 1.14 bits per heavy atom. The molecule has 5 rings (SSSR count). The molecule has 4 fully saturated rings. The number of hydrogen-bond acceptors (Lipinski definition) is 8. The van der Waals surface area contributed by atoms with Crippen molar-refractivity contribution in [3.05, 3.63) is 61.2 Å². The standard InChI is InChI=1S/C38H53N3O8/c1-5-8-19-30(43)39-28(24-47-4)33(25-15-11-9-12-16-25)48-37(46)31-29-20-21-38(49-29)32(31)35(44)41(26(7-3)23-42)34(38)36(45)40(22-6-2)27-17-13-10-14-18-27/h5-6,9,11-12,15-16,26-29,31-34,42H,1-2,7-8,10,13-14,17-24H2,3-4H3,(H,39,43)/t26-,28+,29-,31+,32+,33+,34-,38+/m0/s1. The zero-order valence-electron chi connectivity index (χ0n) is 29.0. The quantitative estimate of drug-likeness (QED) is 0.187. The summed E-state index contributed by atoms with van der Waals surface area (Å²) in [7, 11) is 1.51. The van der Waals surface area contributed by atoms with E-state index < -0.39 is 53.7 Å². The third-order valence-corrected chi connectivity index (χ3v) is 10.9. The molecular weight excluding hydrogens is 626 g/mol. The first-order valence-corrected chi connectivity index (χ1v) is 17.9. The molecule has 3 aliphatic heterocycles. The lowest BCUT2D eigenvalue weighted by Gasteiger charge is -2.42. The molecule has 49 heavy (non-hydrogen) atoms. The van der Waals surface area contributed by atoms with Gasteiger partial charge in [-0.2, -0.15) is 0 Å². The van der Waals surface area contributed by atoms with Crippen molar-refractivity contribution < 1.29 is 38.5 Å². The van der Waals surface area contributed by atoms with Crippen molar-refractivity contribution in [2.75, 3.05) is 26.9 Å². The first kappa shape index (κ1) is 36.7. The van der Waals surface area contributed by atoms with Crippen LogP contribution >= 0.6 is 0 Å². The van der Waals surface area contributed by atoms with Gasteiger partial charge in [0.25, 0.3) is 0 Å². The summed E-state index contributed by atoms with van der Waals surface area (Å²) in [6, 6.07) is 6.84. The topological polar surface area (TPSA) is 135 Å². The van der Waals surface area contributed by atoms with Crippen LogP contribution in [0.5, 0.6) is 0 Å². The van der Waals surface area contributed by atoms with Crippen LogP contribution in [-0.2, 0) is 33.4 Å². The van der Waals surface area contributed by atoms with E-state index in [4.69, 9.17) is 14.2 Å². The molecular formula is C38H53N3O8. The second-order valence-corrected chi connectivity index (χ2v) is 13.8. The monoisotopic (exact) mass is 679 g/mol. The van der Waals surface area contributed by atoms with E-state index in [-0.39, 0.29) is 43.4 Å². The summed E-state index contributed by atoms with van der Waals surface area (Å²) in [6.45, 7) is 9.57. The van der Waals surface area contributed by atoms with Gasteiger partial charge in [-0.05, 0) is 44.1 Å². The van der Waals surface area contributed by atoms with Crippen LogP contribution < -0.4 is 5.32 Å². The fraction of sp³-hybridized carbons (Fsp3) is 0.632. The van der Waals surface area contributed by atoms with Gasteiger partial charge in [-0.1, -0.05) is 68.7 Å². The summed E-state index contributed by atoms with van der Waals surface area (Å²) in [5.74, 6) is -3.36. The number of benzene rings is 1. The molecule has 11 heteroatoms. The molecule has 4 aliphatic rings. The van der Waals surface area contributed by atoms with Gasteiger partial charge in [-0.15, -0.1) is 13.2 Å². The molecule has 3 amide bonds. The minimum Gasteiger partial charge on any atom is -0.455 e. The number of esters is 1. The SMILES string of the molecule is C=CCCC(=O)N[C@H](COC)[C@H](OC(=O)[C@@H]1[C@@H]2CC[C@]3(O2)[C@H](C(=O)N(CC=C)C2CCCCC2)N([C@@H](CC)CO)C(=O)[C@@H]13)c1ccccc1. The van der Waals surface area contributed by atoms with Crippen molar-refractivity contribution in [3.8, 4) is 0 Å². The molecule has 2 bridgehead atoms. The Labute approximate surface area is 290 Å². The molecule has 8 atom stereocenters. The van der Waals surface area contributed by atoms with Crippen molar-refractivity contribution in [2.24, 2.45) is 11.8 Å². The van der Waals surface area contributed by atoms with E-state index in [1.54, 1.807) is 12.2 Å². The number of aliphatic hydroxyl groups is 1. The lowest BCUT2D eigenvalue weighted by atomic mass is 9.70. The number of aliphatic hydroxyl groups excluding tert-OH is 1. The number of nitrogens with one attached hydrogen (secondary N) is 1. The molecule has 3 saturated heterocycles. The predicted octanol–water partition coefficient (Wildman–Crippen LogP) is 3.86. The van der Waals surface area contributed by atoms with Gasteiger partial charge in [0.15, 0.2) is 0 Å². The Balaban J connectivity index is 1.49. The molecule has 268 valence electrons. The van der Waals surface area contributed by atoms with Gasteiger partial charge in [0, 0.05) is 26.1 Å². The van der Waals surface area contributed by atoms with Crippen LogP contribution in [0.25, 0.3) is 0 Å². The van der Waals surface area contributed by atoms with E-state index in [9.17, 15) is 24.3 Å². The van der Waals surface area contributed by atoms with E-state index in [1.165, 1.54) is 12.0 Å². The third kappa shape index (κ3) is 7.21. The number of carbonyl (C=O) groups excluding carboxylic acids is 4. The molecule has 0 radical (unpaired) electrons. The maximum atomic E-state index is 14.8. The summed E-state index contributed by atoms with van der Waals surface area (Å²) in [5.41, 5.74) is -0.571. The van der Waals surface area contributed by atoms with Crippen molar-refractivity contribution in [1.82, 2.24) is 15.1 Å². The zero-order chi connectivity index (χ0) is 35.1. The number of likely N-dealkylation sites (tertiary alicyclic amines) is 1. The van der Waals surface area contributed by atoms with Gasteiger partial charge in [0.2, 0.25) is 17.7 Å². The fourth-order valence-corrected chi connectivity index (χ4v) is 8.68. The van der Waals surface area contributed by atoms with E-state index in [1.807, 2.05) is 42.2 Å². The van der Waals surface area contributed by atoms with Gasteiger partial charge < -0.3 is 34.4 Å². The van der Waals surface area contributed by atoms with Crippen LogP contribution in [0.4, 0.5) is 0 Å². The van der Waals surface area contributed by atoms with Gasteiger partial charge in [0.05, 0.1) is 43.2 Å². The molecule has 1 aromatic rings. The second-order valence-electron chi connectivity index (χ2n) is 13.8. The Morgan fingerprint density at radius 2 is 1.88 bits per heavy atom. The van der Waals surface area contributed by atoms with Crippen LogP contribution in [0.2, 0.25) is 0 Å². The number of allylic oxidation sites excluding steroid dienone is 1. The van der Waals surface area contributed by atoms with Crippen molar-refractivity contribution in [1.29, 1.82) is 0 Å². The van der Waals surface area contributed by atoms with Crippen LogP contribution in [0.1, 0.15) is 82.8 Å². The number of ether oxygens (including phenoxy) is 3. The minimum absolute atomic E-state index is 0.0197. The second kappa shape index (κ2) is 16.4. The van der Waals surface area contributed by atoms with Gasteiger partial charge >= 0.3 is 5.97 Å². The van der Waals surface area contributed by atoms with Crippen molar-refractivity contribution in [3.63, 3.8) is 0 Å². The van der Waals surface area contributed by atoms with Crippen molar-refractivity contribution in [2.45, 2.75) is 113 Å². The molecule has 11 nitrogen and oxygen atoms in total. The van der Waals surface area contributed by atoms with Crippen LogP contribution in [0, 0.1) is 11.8 Å². The maximum absolute atomic E-state index is 14.8. The van der Waals surface area contributed by atoms with Crippen molar-refractivity contribution >= 4 is 23.7 Å². The van der Waals surface area contributed by atoms with E-state index in [0.29, 0.717) is 37.8 Å². The third-order valence-electron chi connectivity index (χ3n) is 10.9. The Kier molecular flexibility index (Phi) is 12.3. The number of hydrogen-bond donors (Lipinski definition) is 2.